The van der Waals surface area contributed by atoms with Crippen LogP contribution in [-0.2, 0) is 13.2 Å². The fourth-order valence-corrected chi connectivity index (χ4v) is 2.00. The standard InChI is InChI=1S/C16H27N3O.HI/c1-4-6-11-19(3)16(17-5-2)18-12-14-9-7-8-10-15(14)13-20;/h7-10,20H,4-6,11-13H2,1-3H3,(H,17,18);1H. The number of aliphatic hydroxyl groups excluding tert-OH is 1. The number of benzene rings is 1. The molecule has 0 aromatic heterocycles. The Hall–Kier alpha value is -0.820. The van der Waals surface area contributed by atoms with E-state index in [1.54, 1.807) is 0 Å². The molecule has 0 saturated heterocycles. The van der Waals surface area contributed by atoms with E-state index < -0.39 is 0 Å². The Balaban J connectivity index is 0.00000400. The number of aliphatic hydroxyl groups is 1. The average Bonchev–Trinajstić information content (AvgIpc) is 2.49. The number of rotatable bonds is 7. The Labute approximate surface area is 145 Å². The lowest BCUT2D eigenvalue weighted by Crippen LogP contribution is -2.39. The fraction of sp³-hybridized carbons (Fsp3) is 0.562. The molecule has 0 saturated carbocycles. The molecule has 0 aliphatic heterocycles. The molecule has 5 heteroatoms. The van der Waals surface area contributed by atoms with Gasteiger partial charge in [-0.15, -0.1) is 24.0 Å². The van der Waals surface area contributed by atoms with Crippen LogP contribution < -0.4 is 5.32 Å². The lowest BCUT2D eigenvalue weighted by atomic mass is 10.1. The number of unbranched alkanes of at least 4 members (excludes halogenated alkanes) is 1. The maximum absolute atomic E-state index is 9.34. The van der Waals surface area contributed by atoms with Gasteiger partial charge in [0.25, 0.3) is 0 Å². The van der Waals surface area contributed by atoms with Crippen LogP contribution in [0, 0.1) is 0 Å². The van der Waals surface area contributed by atoms with Gasteiger partial charge in [-0.05, 0) is 24.5 Å². The van der Waals surface area contributed by atoms with Crippen molar-refractivity contribution in [3.8, 4) is 0 Å². The summed E-state index contributed by atoms with van der Waals surface area (Å²) in [5, 5.41) is 12.7. The Morgan fingerprint density at radius 1 is 1.24 bits per heavy atom. The molecule has 0 aliphatic carbocycles. The zero-order chi connectivity index (χ0) is 14.8. The summed E-state index contributed by atoms with van der Waals surface area (Å²) in [4.78, 5) is 6.83. The van der Waals surface area contributed by atoms with Crippen molar-refractivity contribution in [1.82, 2.24) is 10.2 Å². The molecule has 1 aromatic rings. The zero-order valence-corrected chi connectivity index (χ0v) is 15.6. The van der Waals surface area contributed by atoms with E-state index in [0.29, 0.717) is 6.54 Å². The van der Waals surface area contributed by atoms with Crippen molar-refractivity contribution in [3.05, 3.63) is 35.4 Å². The van der Waals surface area contributed by atoms with Crippen LogP contribution in [0.1, 0.15) is 37.8 Å². The first-order valence-electron chi connectivity index (χ1n) is 7.40. The van der Waals surface area contributed by atoms with E-state index in [1.807, 2.05) is 24.3 Å². The van der Waals surface area contributed by atoms with Gasteiger partial charge < -0.3 is 15.3 Å². The number of hydrogen-bond donors (Lipinski definition) is 2. The lowest BCUT2D eigenvalue weighted by Gasteiger charge is -2.22. The van der Waals surface area contributed by atoms with Crippen molar-refractivity contribution in [1.29, 1.82) is 0 Å². The molecule has 120 valence electrons. The van der Waals surface area contributed by atoms with Crippen LogP contribution in [0.25, 0.3) is 0 Å². The number of hydrogen-bond acceptors (Lipinski definition) is 2. The highest BCUT2D eigenvalue weighted by Crippen LogP contribution is 2.10. The predicted octanol–water partition coefficient (Wildman–Crippen LogP) is 2.99. The molecule has 0 heterocycles. The van der Waals surface area contributed by atoms with Crippen molar-refractivity contribution < 1.29 is 5.11 Å². The van der Waals surface area contributed by atoms with Gasteiger partial charge in [0.1, 0.15) is 0 Å². The van der Waals surface area contributed by atoms with Gasteiger partial charge in [0.15, 0.2) is 5.96 Å². The predicted molar refractivity (Wildman–Crippen MR) is 100 cm³/mol. The summed E-state index contributed by atoms with van der Waals surface area (Å²) in [7, 11) is 2.06. The van der Waals surface area contributed by atoms with Crippen LogP contribution in [0.4, 0.5) is 0 Å². The fourth-order valence-electron chi connectivity index (χ4n) is 2.00. The minimum atomic E-state index is 0. The molecule has 0 radical (unpaired) electrons. The second-order valence-corrected chi connectivity index (χ2v) is 4.87. The summed E-state index contributed by atoms with van der Waals surface area (Å²) >= 11 is 0. The summed E-state index contributed by atoms with van der Waals surface area (Å²) in [6, 6.07) is 7.89. The van der Waals surface area contributed by atoms with Crippen LogP contribution in [0.3, 0.4) is 0 Å². The topological polar surface area (TPSA) is 47.9 Å². The van der Waals surface area contributed by atoms with Gasteiger partial charge in [0.05, 0.1) is 13.2 Å². The number of guanidine groups is 1. The molecule has 21 heavy (non-hydrogen) atoms. The molecule has 0 unspecified atom stereocenters. The van der Waals surface area contributed by atoms with Crippen LogP contribution in [0.5, 0.6) is 0 Å². The molecule has 0 aliphatic rings. The van der Waals surface area contributed by atoms with Gasteiger partial charge in [-0.2, -0.15) is 0 Å². The monoisotopic (exact) mass is 405 g/mol. The van der Waals surface area contributed by atoms with Crippen LogP contribution in [-0.4, -0.2) is 36.1 Å². The van der Waals surface area contributed by atoms with Crippen molar-refractivity contribution in [2.75, 3.05) is 20.1 Å². The van der Waals surface area contributed by atoms with E-state index in [0.717, 1.165) is 36.6 Å². The Morgan fingerprint density at radius 3 is 2.48 bits per heavy atom. The molecular weight excluding hydrogens is 377 g/mol. The van der Waals surface area contributed by atoms with Crippen molar-refractivity contribution in [3.63, 3.8) is 0 Å². The quantitative estimate of drug-likeness (QED) is 0.417. The van der Waals surface area contributed by atoms with Gasteiger partial charge in [0.2, 0.25) is 0 Å². The summed E-state index contributed by atoms with van der Waals surface area (Å²) in [6.45, 7) is 6.78. The van der Waals surface area contributed by atoms with Gasteiger partial charge in [-0.25, -0.2) is 4.99 Å². The molecule has 2 N–H and O–H groups in total. The number of halogens is 1. The van der Waals surface area contributed by atoms with Crippen LogP contribution in [0.2, 0.25) is 0 Å². The number of aliphatic imine (C=N–C) groups is 1. The van der Waals surface area contributed by atoms with E-state index in [4.69, 9.17) is 0 Å². The van der Waals surface area contributed by atoms with E-state index in [9.17, 15) is 5.11 Å². The van der Waals surface area contributed by atoms with Crippen molar-refractivity contribution in [2.24, 2.45) is 4.99 Å². The van der Waals surface area contributed by atoms with E-state index in [2.05, 4.69) is 36.1 Å². The molecule has 0 bridgehead atoms. The molecular formula is C16H28IN3O. The first-order valence-corrected chi connectivity index (χ1v) is 7.40. The second-order valence-electron chi connectivity index (χ2n) is 4.87. The number of nitrogens with zero attached hydrogens (tertiary/aromatic N) is 2. The van der Waals surface area contributed by atoms with Crippen LogP contribution >= 0.6 is 24.0 Å². The van der Waals surface area contributed by atoms with E-state index in [1.165, 1.54) is 6.42 Å². The third-order valence-electron chi connectivity index (χ3n) is 3.23. The highest BCUT2D eigenvalue weighted by atomic mass is 127. The smallest absolute Gasteiger partial charge is 0.193 e. The molecule has 4 nitrogen and oxygen atoms in total. The summed E-state index contributed by atoms with van der Waals surface area (Å²) in [5.41, 5.74) is 2.03. The minimum absolute atomic E-state index is 0. The average molecular weight is 405 g/mol. The third kappa shape index (κ3) is 7.13. The Bertz CT molecular complexity index is 424. The van der Waals surface area contributed by atoms with Gasteiger partial charge >= 0.3 is 0 Å². The van der Waals surface area contributed by atoms with Gasteiger partial charge in [-0.1, -0.05) is 37.6 Å². The maximum Gasteiger partial charge on any atom is 0.193 e. The van der Waals surface area contributed by atoms with E-state index >= 15 is 0 Å². The Morgan fingerprint density at radius 2 is 1.90 bits per heavy atom. The SMILES string of the molecule is CCCCN(C)C(=NCc1ccccc1CO)NCC.I. The van der Waals surface area contributed by atoms with E-state index in [-0.39, 0.29) is 30.6 Å². The second kappa shape index (κ2) is 11.8. The normalized spacial score (nSPS) is 11.0. The summed E-state index contributed by atoms with van der Waals surface area (Å²) in [6.07, 6.45) is 2.34. The van der Waals surface area contributed by atoms with Crippen LogP contribution in [0.15, 0.2) is 29.3 Å². The highest BCUT2D eigenvalue weighted by molar-refractivity contribution is 14.0. The van der Waals surface area contributed by atoms with Crippen molar-refractivity contribution >= 4 is 29.9 Å². The Kier molecular flexibility index (Phi) is 11.3. The molecule has 0 spiro atoms. The third-order valence-corrected chi connectivity index (χ3v) is 3.23. The zero-order valence-electron chi connectivity index (χ0n) is 13.3. The van der Waals surface area contributed by atoms with Gasteiger partial charge in [0, 0.05) is 20.1 Å². The molecule has 1 aromatic carbocycles. The first kappa shape index (κ1) is 20.2. The lowest BCUT2D eigenvalue weighted by molar-refractivity contribution is 0.280. The van der Waals surface area contributed by atoms with Gasteiger partial charge in [-0.3, -0.25) is 0 Å². The number of nitrogens with one attached hydrogen (secondary N) is 1. The maximum atomic E-state index is 9.34. The summed E-state index contributed by atoms with van der Waals surface area (Å²) < 4.78 is 0. The minimum Gasteiger partial charge on any atom is -0.392 e. The highest BCUT2D eigenvalue weighted by Gasteiger charge is 2.05. The first-order chi connectivity index (χ1) is 9.72. The summed E-state index contributed by atoms with van der Waals surface area (Å²) in [5.74, 6) is 0.925. The van der Waals surface area contributed by atoms with Crippen molar-refractivity contribution in [2.45, 2.75) is 39.8 Å². The molecule has 0 amide bonds. The molecule has 1 rings (SSSR count). The molecule has 0 fully saturated rings. The molecule has 0 atom stereocenters. The largest absolute Gasteiger partial charge is 0.392 e.